The largest absolute Gasteiger partial charge is 0.377 e. The van der Waals surface area contributed by atoms with Crippen molar-refractivity contribution in [3.05, 3.63) is 28.4 Å². The maximum absolute atomic E-state index is 12.7. The minimum Gasteiger partial charge on any atom is -0.377 e. The number of ether oxygens (including phenoxy) is 1. The lowest BCUT2D eigenvalue weighted by Gasteiger charge is -2.44. The molecule has 20 heavy (non-hydrogen) atoms. The van der Waals surface area contributed by atoms with Gasteiger partial charge in [0.25, 0.3) is 11.5 Å². The van der Waals surface area contributed by atoms with Gasteiger partial charge in [-0.15, -0.1) is 0 Å². The molecule has 1 aromatic heterocycles. The summed E-state index contributed by atoms with van der Waals surface area (Å²) < 4.78 is 6.92. The van der Waals surface area contributed by atoms with Gasteiger partial charge < -0.3 is 14.2 Å². The van der Waals surface area contributed by atoms with Crippen molar-refractivity contribution in [2.75, 3.05) is 19.8 Å². The Bertz CT molecular complexity index is 594. The molecule has 1 amide bonds. The standard InChI is InChI=1S/C14H19N3O3/c1-14(10-3-4-10)8-20-6-5-17(14)13(19)11-7-12(18)16(2)9-15-11/h7,9-10H,3-6,8H2,1-2H3. The minimum absolute atomic E-state index is 0.166. The Hall–Kier alpha value is -1.69. The molecule has 108 valence electrons. The van der Waals surface area contributed by atoms with Crippen LogP contribution < -0.4 is 5.56 Å². The van der Waals surface area contributed by atoms with E-state index in [0.717, 1.165) is 12.8 Å². The van der Waals surface area contributed by atoms with Crippen LogP contribution in [0.3, 0.4) is 0 Å². The van der Waals surface area contributed by atoms with Gasteiger partial charge in [0.2, 0.25) is 0 Å². The highest BCUT2D eigenvalue weighted by atomic mass is 16.5. The van der Waals surface area contributed by atoms with Crippen LogP contribution in [0.15, 0.2) is 17.2 Å². The number of rotatable bonds is 2. The Kier molecular flexibility index (Phi) is 3.12. The summed E-state index contributed by atoms with van der Waals surface area (Å²) in [5, 5.41) is 0. The third-order valence-electron chi connectivity index (χ3n) is 4.37. The van der Waals surface area contributed by atoms with E-state index in [4.69, 9.17) is 4.74 Å². The van der Waals surface area contributed by atoms with Gasteiger partial charge in [-0.1, -0.05) is 0 Å². The maximum atomic E-state index is 12.7. The Labute approximate surface area is 117 Å². The number of aryl methyl sites for hydroxylation is 1. The quantitative estimate of drug-likeness (QED) is 0.786. The van der Waals surface area contributed by atoms with E-state index in [-0.39, 0.29) is 22.7 Å². The fraction of sp³-hybridized carbons (Fsp3) is 0.643. The second-order valence-electron chi connectivity index (χ2n) is 5.86. The van der Waals surface area contributed by atoms with E-state index in [1.54, 1.807) is 7.05 Å². The van der Waals surface area contributed by atoms with Crippen molar-refractivity contribution < 1.29 is 9.53 Å². The average Bonchev–Trinajstić information content (AvgIpc) is 3.26. The zero-order chi connectivity index (χ0) is 14.3. The molecule has 3 rings (SSSR count). The molecule has 0 aromatic carbocycles. The van der Waals surface area contributed by atoms with Crippen molar-refractivity contribution in [1.29, 1.82) is 0 Å². The van der Waals surface area contributed by atoms with E-state index < -0.39 is 0 Å². The van der Waals surface area contributed by atoms with Crippen LogP contribution in [0.2, 0.25) is 0 Å². The average molecular weight is 277 g/mol. The van der Waals surface area contributed by atoms with Gasteiger partial charge in [0.05, 0.1) is 25.1 Å². The van der Waals surface area contributed by atoms with E-state index >= 15 is 0 Å². The molecular formula is C14H19N3O3. The molecule has 1 atom stereocenters. The van der Waals surface area contributed by atoms with Crippen molar-refractivity contribution >= 4 is 5.91 Å². The van der Waals surface area contributed by atoms with E-state index in [1.807, 2.05) is 4.90 Å². The van der Waals surface area contributed by atoms with Crippen LogP contribution >= 0.6 is 0 Å². The number of hydrogen-bond donors (Lipinski definition) is 0. The predicted molar refractivity (Wildman–Crippen MR) is 72.5 cm³/mol. The Morgan fingerprint density at radius 2 is 2.25 bits per heavy atom. The van der Waals surface area contributed by atoms with Gasteiger partial charge in [-0.3, -0.25) is 9.59 Å². The number of amides is 1. The molecule has 6 nitrogen and oxygen atoms in total. The number of carbonyl (C=O) groups excluding carboxylic acids is 1. The van der Waals surface area contributed by atoms with E-state index in [1.165, 1.54) is 17.0 Å². The SMILES string of the molecule is Cn1cnc(C(=O)N2CCOCC2(C)C2CC2)cc1=O. The molecule has 1 unspecified atom stereocenters. The first-order valence-corrected chi connectivity index (χ1v) is 6.95. The Balaban J connectivity index is 1.91. The van der Waals surface area contributed by atoms with Crippen LogP contribution in [-0.4, -0.2) is 45.7 Å². The summed E-state index contributed by atoms with van der Waals surface area (Å²) in [5.41, 5.74) is -0.260. The number of nitrogens with zero attached hydrogens (tertiary/aromatic N) is 3. The first-order valence-electron chi connectivity index (χ1n) is 6.95. The molecule has 6 heteroatoms. The summed E-state index contributed by atoms with van der Waals surface area (Å²) in [6, 6.07) is 1.31. The highest BCUT2D eigenvalue weighted by Gasteiger charge is 2.49. The van der Waals surface area contributed by atoms with Crippen LogP contribution in [-0.2, 0) is 11.8 Å². The topological polar surface area (TPSA) is 64.4 Å². The highest BCUT2D eigenvalue weighted by molar-refractivity contribution is 5.92. The zero-order valence-electron chi connectivity index (χ0n) is 11.8. The van der Waals surface area contributed by atoms with E-state index in [0.29, 0.717) is 25.7 Å². The van der Waals surface area contributed by atoms with Crippen LogP contribution in [0.1, 0.15) is 30.3 Å². The normalized spacial score (nSPS) is 26.6. The number of morpholine rings is 1. The Morgan fingerprint density at radius 1 is 1.50 bits per heavy atom. The van der Waals surface area contributed by atoms with Gasteiger partial charge in [-0.25, -0.2) is 4.98 Å². The monoisotopic (exact) mass is 277 g/mol. The van der Waals surface area contributed by atoms with Gasteiger partial charge in [0.15, 0.2) is 0 Å². The summed E-state index contributed by atoms with van der Waals surface area (Å²) in [4.78, 5) is 30.3. The fourth-order valence-corrected chi connectivity index (χ4v) is 2.86. The van der Waals surface area contributed by atoms with Crippen LogP contribution in [0.4, 0.5) is 0 Å². The molecule has 1 aliphatic heterocycles. The molecule has 0 spiro atoms. The Morgan fingerprint density at radius 3 is 2.90 bits per heavy atom. The molecule has 0 bridgehead atoms. The first-order chi connectivity index (χ1) is 9.52. The zero-order valence-corrected chi connectivity index (χ0v) is 11.8. The van der Waals surface area contributed by atoms with Gasteiger partial charge in [0.1, 0.15) is 5.69 Å². The van der Waals surface area contributed by atoms with Crippen LogP contribution in [0.25, 0.3) is 0 Å². The summed E-state index contributed by atoms with van der Waals surface area (Å²) in [5.74, 6) is 0.332. The molecular weight excluding hydrogens is 258 g/mol. The number of hydrogen-bond acceptors (Lipinski definition) is 4. The molecule has 1 aliphatic carbocycles. The highest BCUT2D eigenvalue weighted by Crippen LogP contribution is 2.44. The lowest BCUT2D eigenvalue weighted by atomic mass is 9.92. The number of aromatic nitrogens is 2. The second-order valence-corrected chi connectivity index (χ2v) is 5.86. The number of carbonyl (C=O) groups is 1. The van der Waals surface area contributed by atoms with Gasteiger partial charge in [-0.05, 0) is 25.7 Å². The van der Waals surface area contributed by atoms with Crippen molar-refractivity contribution in [2.24, 2.45) is 13.0 Å². The smallest absolute Gasteiger partial charge is 0.273 e. The van der Waals surface area contributed by atoms with Crippen LogP contribution in [0.5, 0.6) is 0 Å². The minimum atomic E-state index is -0.266. The first kappa shape index (κ1) is 13.3. The van der Waals surface area contributed by atoms with Crippen molar-refractivity contribution in [3.8, 4) is 0 Å². The molecule has 1 aromatic rings. The molecule has 2 aliphatic rings. The van der Waals surface area contributed by atoms with Gasteiger partial charge in [-0.2, -0.15) is 0 Å². The fourth-order valence-electron chi connectivity index (χ4n) is 2.86. The second kappa shape index (κ2) is 4.70. The summed E-state index contributed by atoms with van der Waals surface area (Å²) in [6.07, 6.45) is 3.66. The molecule has 2 fully saturated rings. The third-order valence-corrected chi connectivity index (χ3v) is 4.37. The molecule has 0 radical (unpaired) electrons. The maximum Gasteiger partial charge on any atom is 0.273 e. The lowest BCUT2D eigenvalue weighted by molar-refractivity contribution is -0.0550. The lowest BCUT2D eigenvalue weighted by Crippen LogP contribution is -2.59. The van der Waals surface area contributed by atoms with Crippen LogP contribution in [0, 0.1) is 5.92 Å². The molecule has 1 saturated carbocycles. The van der Waals surface area contributed by atoms with E-state index in [9.17, 15) is 9.59 Å². The van der Waals surface area contributed by atoms with Gasteiger partial charge in [0, 0.05) is 19.7 Å². The summed E-state index contributed by atoms with van der Waals surface area (Å²) in [7, 11) is 1.62. The molecule has 2 heterocycles. The van der Waals surface area contributed by atoms with Crippen molar-refractivity contribution in [3.63, 3.8) is 0 Å². The predicted octanol–water partition coefficient (Wildman–Crippen LogP) is 0.421. The van der Waals surface area contributed by atoms with E-state index in [2.05, 4.69) is 11.9 Å². The third kappa shape index (κ3) is 2.14. The summed E-state index contributed by atoms with van der Waals surface area (Å²) >= 11 is 0. The van der Waals surface area contributed by atoms with Crippen molar-refractivity contribution in [2.45, 2.75) is 25.3 Å². The van der Waals surface area contributed by atoms with Gasteiger partial charge >= 0.3 is 0 Å². The molecule has 1 saturated heterocycles. The molecule has 0 N–H and O–H groups in total. The van der Waals surface area contributed by atoms with Crippen molar-refractivity contribution in [1.82, 2.24) is 14.5 Å². The summed E-state index contributed by atoms with van der Waals surface area (Å²) in [6.45, 7) is 3.73.